The van der Waals surface area contributed by atoms with E-state index in [1.807, 2.05) is 6.07 Å². The van der Waals surface area contributed by atoms with Crippen LogP contribution in [0.5, 0.6) is 5.75 Å². The molecule has 1 aromatic heterocycles. The molecule has 1 aliphatic heterocycles. The van der Waals surface area contributed by atoms with Crippen molar-refractivity contribution in [2.75, 3.05) is 20.2 Å². The first-order valence-electron chi connectivity index (χ1n) is 9.33. The lowest BCUT2D eigenvalue weighted by Crippen LogP contribution is -2.42. The summed E-state index contributed by atoms with van der Waals surface area (Å²) in [6.45, 7) is 7.29. The number of hydrogen-bond donors (Lipinski definition) is 1. The van der Waals surface area contributed by atoms with Gasteiger partial charge >= 0.3 is 0 Å². The molecule has 3 rings (SSSR count). The van der Waals surface area contributed by atoms with Gasteiger partial charge in [-0.3, -0.25) is 14.7 Å². The number of carbonyl (C=O) groups is 2. The molecule has 6 nitrogen and oxygen atoms in total. The number of nitrogens with one attached hydrogen (secondary N) is 1. The number of likely N-dealkylation sites (tertiary alicyclic amines) is 1. The van der Waals surface area contributed by atoms with Crippen molar-refractivity contribution < 1.29 is 14.3 Å². The van der Waals surface area contributed by atoms with Gasteiger partial charge in [-0.2, -0.15) is 5.10 Å². The molecule has 1 saturated heterocycles. The topological polar surface area (TPSA) is 75.3 Å². The van der Waals surface area contributed by atoms with Crippen LogP contribution in [0.1, 0.15) is 60.2 Å². The highest BCUT2D eigenvalue weighted by molar-refractivity contribution is 5.99. The lowest BCUT2D eigenvalue weighted by molar-refractivity contribution is 0.0632. The molecule has 1 aromatic carbocycles. The van der Waals surface area contributed by atoms with Gasteiger partial charge in [0.1, 0.15) is 11.4 Å². The standard InChI is InChI=1S/C21H27N3O3/c1-21(2,3)18-12-17(22-23-18)20(26)24-11-5-6-15(13-24)19(25)14-7-9-16(27-4)10-8-14/h7-10,12,15H,5-6,11,13H2,1-4H3,(H,22,23)/t15-/m0/s1. The van der Waals surface area contributed by atoms with Crippen molar-refractivity contribution in [3.8, 4) is 5.75 Å². The monoisotopic (exact) mass is 369 g/mol. The molecule has 6 heteroatoms. The van der Waals surface area contributed by atoms with Crippen LogP contribution < -0.4 is 4.74 Å². The van der Waals surface area contributed by atoms with Crippen molar-refractivity contribution in [3.63, 3.8) is 0 Å². The average molecular weight is 369 g/mol. The first-order valence-corrected chi connectivity index (χ1v) is 9.33. The Labute approximate surface area is 159 Å². The molecule has 0 bridgehead atoms. The molecule has 0 radical (unpaired) electrons. The van der Waals surface area contributed by atoms with Gasteiger partial charge in [0, 0.05) is 35.7 Å². The maximum absolute atomic E-state index is 12.8. The van der Waals surface area contributed by atoms with E-state index in [-0.39, 0.29) is 23.0 Å². The van der Waals surface area contributed by atoms with Gasteiger partial charge < -0.3 is 9.64 Å². The van der Waals surface area contributed by atoms with Gasteiger partial charge in [-0.1, -0.05) is 20.8 Å². The number of aromatic nitrogens is 2. The van der Waals surface area contributed by atoms with Crippen LogP contribution in [0.4, 0.5) is 0 Å². The number of nitrogens with zero attached hydrogens (tertiary/aromatic N) is 2. The Morgan fingerprint density at radius 1 is 1.22 bits per heavy atom. The molecule has 0 unspecified atom stereocenters. The van der Waals surface area contributed by atoms with Crippen LogP contribution >= 0.6 is 0 Å². The predicted octanol–water partition coefficient (Wildman–Crippen LogP) is 3.45. The molecule has 1 N–H and O–H groups in total. The second-order valence-corrected chi connectivity index (χ2v) is 8.10. The van der Waals surface area contributed by atoms with E-state index in [1.165, 1.54) is 0 Å². The lowest BCUT2D eigenvalue weighted by atomic mass is 9.89. The summed E-state index contributed by atoms with van der Waals surface area (Å²) < 4.78 is 5.14. The zero-order valence-corrected chi connectivity index (χ0v) is 16.4. The van der Waals surface area contributed by atoms with E-state index in [4.69, 9.17) is 4.74 Å². The van der Waals surface area contributed by atoms with Crippen LogP contribution in [-0.2, 0) is 5.41 Å². The third-order valence-corrected chi connectivity index (χ3v) is 5.06. The second kappa shape index (κ2) is 7.55. The zero-order valence-electron chi connectivity index (χ0n) is 16.4. The van der Waals surface area contributed by atoms with Gasteiger partial charge in [0.25, 0.3) is 5.91 Å². The van der Waals surface area contributed by atoms with Gasteiger partial charge in [-0.05, 0) is 43.2 Å². The maximum Gasteiger partial charge on any atom is 0.274 e. The van der Waals surface area contributed by atoms with Crippen LogP contribution in [0.25, 0.3) is 0 Å². The summed E-state index contributed by atoms with van der Waals surface area (Å²) >= 11 is 0. The highest BCUT2D eigenvalue weighted by Crippen LogP contribution is 2.25. The maximum atomic E-state index is 12.8. The molecular formula is C21H27N3O3. The number of ketones is 1. The summed E-state index contributed by atoms with van der Waals surface area (Å²) in [6, 6.07) is 8.96. The summed E-state index contributed by atoms with van der Waals surface area (Å²) in [5, 5.41) is 7.15. The van der Waals surface area contributed by atoms with Crippen LogP contribution in [-0.4, -0.2) is 47.0 Å². The Balaban J connectivity index is 1.70. The van der Waals surface area contributed by atoms with Gasteiger partial charge in [-0.25, -0.2) is 0 Å². The average Bonchev–Trinajstić information content (AvgIpc) is 3.18. The molecule has 0 spiro atoms. The number of rotatable bonds is 4. The van der Waals surface area contributed by atoms with Gasteiger partial charge in [-0.15, -0.1) is 0 Å². The number of carbonyl (C=O) groups excluding carboxylic acids is 2. The number of methoxy groups -OCH3 is 1. The number of Topliss-reactive ketones (excluding diaryl/α,β-unsaturated/α-hetero) is 1. The van der Waals surface area contributed by atoms with E-state index in [1.54, 1.807) is 36.3 Å². The van der Waals surface area contributed by atoms with Crippen molar-refractivity contribution in [2.24, 2.45) is 5.92 Å². The van der Waals surface area contributed by atoms with Gasteiger partial charge in [0.15, 0.2) is 5.78 Å². The third-order valence-electron chi connectivity index (χ3n) is 5.06. The van der Waals surface area contributed by atoms with Crippen LogP contribution in [0.3, 0.4) is 0 Å². The van der Waals surface area contributed by atoms with Crippen molar-refractivity contribution in [1.82, 2.24) is 15.1 Å². The van der Waals surface area contributed by atoms with E-state index >= 15 is 0 Å². The number of piperidine rings is 1. The van der Waals surface area contributed by atoms with Gasteiger partial charge in [0.05, 0.1) is 7.11 Å². The number of ether oxygens (including phenoxy) is 1. The summed E-state index contributed by atoms with van der Waals surface area (Å²) in [7, 11) is 1.60. The molecule has 2 aromatic rings. The molecule has 2 heterocycles. The fourth-order valence-corrected chi connectivity index (χ4v) is 3.34. The van der Waals surface area contributed by atoms with Crippen molar-refractivity contribution in [1.29, 1.82) is 0 Å². The van der Waals surface area contributed by atoms with Crippen LogP contribution in [0, 0.1) is 5.92 Å². The number of H-pyrrole nitrogens is 1. The van der Waals surface area contributed by atoms with E-state index in [2.05, 4.69) is 31.0 Å². The summed E-state index contributed by atoms with van der Waals surface area (Å²) in [5.74, 6) is 0.499. The number of aromatic amines is 1. The van der Waals surface area contributed by atoms with Crippen molar-refractivity contribution >= 4 is 11.7 Å². The molecule has 0 aliphatic carbocycles. The Hall–Kier alpha value is -2.63. The van der Waals surface area contributed by atoms with Crippen LogP contribution in [0.2, 0.25) is 0 Å². The van der Waals surface area contributed by atoms with E-state index in [0.717, 1.165) is 24.3 Å². The molecule has 1 aliphatic rings. The molecule has 27 heavy (non-hydrogen) atoms. The Morgan fingerprint density at radius 3 is 2.52 bits per heavy atom. The largest absolute Gasteiger partial charge is 0.497 e. The molecular weight excluding hydrogens is 342 g/mol. The number of amides is 1. The van der Waals surface area contributed by atoms with E-state index < -0.39 is 0 Å². The molecule has 1 fully saturated rings. The lowest BCUT2D eigenvalue weighted by Gasteiger charge is -2.31. The number of hydrogen-bond acceptors (Lipinski definition) is 4. The Morgan fingerprint density at radius 2 is 1.93 bits per heavy atom. The molecule has 1 amide bonds. The number of benzene rings is 1. The molecule has 144 valence electrons. The van der Waals surface area contributed by atoms with E-state index in [0.29, 0.717) is 24.3 Å². The highest BCUT2D eigenvalue weighted by Gasteiger charge is 2.31. The van der Waals surface area contributed by atoms with Crippen molar-refractivity contribution in [2.45, 2.75) is 39.0 Å². The second-order valence-electron chi connectivity index (χ2n) is 8.10. The Kier molecular flexibility index (Phi) is 5.35. The first-order chi connectivity index (χ1) is 12.8. The highest BCUT2D eigenvalue weighted by atomic mass is 16.5. The summed E-state index contributed by atoms with van der Waals surface area (Å²) in [6.07, 6.45) is 1.61. The SMILES string of the molecule is COc1ccc(C(=O)[C@H]2CCCN(C(=O)c3cc(C(C)(C)C)[nH]n3)C2)cc1. The summed E-state index contributed by atoms with van der Waals surface area (Å²) in [4.78, 5) is 27.4. The minimum Gasteiger partial charge on any atom is -0.497 e. The molecule has 1 atom stereocenters. The minimum atomic E-state index is -0.183. The Bertz CT molecular complexity index is 818. The first kappa shape index (κ1) is 19.1. The zero-order chi connectivity index (χ0) is 19.6. The third kappa shape index (κ3) is 4.21. The minimum absolute atomic E-state index is 0.0764. The normalized spacial score (nSPS) is 17.6. The van der Waals surface area contributed by atoms with Gasteiger partial charge in [0.2, 0.25) is 0 Å². The predicted molar refractivity (Wildman–Crippen MR) is 103 cm³/mol. The fourth-order valence-electron chi connectivity index (χ4n) is 3.34. The quantitative estimate of drug-likeness (QED) is 0.838. The summed E-state index contributed by atoms with van der Waals surface area (Å²) in [5.41, 5.74) is 1.90. The fraction of sp³-hybridized carbons (Fsp3) is 0.476. The van der Waals surface area contributed by atoms with Crippen LogP contribution in [0.15, 0.2) is 30.3 Å². The smallest absolute Gasteiger partial charge is 0.274 e. The van der Waals surface area contributed by atoms with Crippen molar-refractivity contribution in [3.05, 3.63) is 47.3 Å². The van der Waals surface area contributed by atoms with E-state index in [9.17, 15) is 9.59 Å². The molecule has 0 saturated carbocycles.